The zero-order chi connectivity index (χ0) is 12.8. The van der Waals surface area contributed by atoms with Crippen molar-refractivity contribution < 1.29 is 0 Å². The lowest BCUT2D eigenvalue weighted by molar-refractivity contribution is 1.03. The van der Waals surface area contributed by atoms with Crippen molar-refractivity contribution in [2.75, 3.05) is 23.7 Å². The van der Waals surface area contributed by atoms with Crippen LogP contribution in [0.25, 0.3) is 0 Å². The molecule has 0 saturated heterocycles. The fourth-order valence-corrected chi connectivity index (χ4v) is 1.53. The predicted octanol–water partition coefficient (Wildman–Crippen LogP) is 2.10. The van der Waals surface area contributed by atoms with Gasteiger partial charge in [0.05, 0.1) is 24.8 Å². The van der Waals surface area contributed by atoms with Crippen LogP contribution >= 0.6 is 23.2 Å². The fraction of sp³-hybridized carbons (Fsp3) is 0.200. The van der Waals surface area contributed by atoms with Gasteiger partial charge in [0, 0.05) is 13.1 Å². The van der Waals surface area contributed by atoms with Gasteiger partial charge in [-0.15, -0.1) is 0 Å². The predicted molar refractivity (Wildman–Crippen MR) is 71.1 cm³/mol. The first kappa shape index (κ1) is 12.8. The quantitative estimate of drug-likeness (QED) is 0.819. The van der Waals surface area contributed by atoms with Gasteiger partial charge in [0.15, 0.2) is 0 Å². The third-order valence-corrected chi connectivity index (χ3v) is 2.31. The van der Waals surface area contributed by atoms with Crippen molar-refractivity contribution in [3.63, 3.8) is 0 Å². The molecule has 18 heavy (non-hydrogen) atoms. The lowest BCUT2D eigenvalue weighted by Crippen LogP contribution is -2.15. The maximum Gasteiger partial charge on any atom is 0.149 e. The number of halogens is 2. The maximum absolute atomic E-state index is 5.71. The largest absolute Gasteiger partial charge is 0.367 e. The van der Waals surface area contributed by atoms with E-state index in [0.717, 1.165) is 0 Å². The van der Waals surface area contributed by atoms with Gasteiger partial charge in [-0.05, 0) is 0 Å². The van der Waals surface area contributed by atoms with E-state index in [1.165, 1.54) is 12.4 Å². The van der Waals surface area contributed by atoms with E-state index >= 15 is 0 Å². The van der Waals surface area contributed by atoms with Crippen LogP contribution in [0.3, 0.4) is 0 Å². The Balaban J connectivity index is 1.76. The Labute approximate surface area is 114 Å². The first-order valence-corrected chi connectivity index (χ1v) is 5.92. The average Bonchev–Trinajstić information content (AvgIpc) is 2.35. The molecule has 94 valence electrons. The van der Waals surface area contributed by atoms with E-state index < -0.39 is 0 Å². The van der Waals surface area contributed by atoms with E-state index in [2.05, 4.69) is 30.6 Å². The second kappa shape index (κ2) is 6.32. The second-order valence-corrected chi connectivity index (χ2v) is 4.08. The minimum Gasteiger partial charge on any atom is -0.367 e. The van der Waals surface area contributed by atoms with Crippen LogP contribution in [-0.2, 0) is 0 Å². The number of anilines is 2. The van der Waals surface area contributed by atoms with E-state index in [-0.39, 0.29) is 0 Å². The molecular weight excluding hydrogens is 275 g/mol. The summed E-state index contributed by atoms with van der Waals surface area (Å²) < 4.78 is 0. The van der Waals surface area contributed by atoms with Gasteiger partial charge >= 0.3 is 0 Å². The monoisotopic (exact) mass is 284 g/mol. The summed E-state index contributed by atoms with van der Waals surface area (Å²) >= 11 is 11.4. The highest BCUT2D eigenvalue weighted by molar-refractivity contribution is 6.29. The van der Waals surface area contributed by atoms with Gasteiger partial charge in [-0.1, -0.05) is 23.2 Å². The van der Waals surface area contributed by atoms with Crippen LogP contribution in [0.15, 0.2) is 24.8 Å². The maximum atomic E-state index is 5.71. The van der Waals surface area contributed by atoms with Gasteiger partial charge in [0.2, 0.25) is 0 Å². The number of rotatable bonds is 5. The molecule has 2 heterocycles. The van der Waals surface area contributed by atoms with Crippen molar-refractivity contribution in [3.8, 4) is 0 Å². The van der Waals surface area contributed by atoms with Crippen molar-refractivity contribution in [1.82, 2.24) is 19.9 Å². The third-order valence-electron chi connectivity index (χ3n) is 1.95. The highest BCUT2D eigenvalue weighted by atomic mass is 35.5. The van der Waals surface area contributed by atoms with E-state index in [9.17, 15) is 0 Å². The van der Waals surface area contributed by atoms with E-state index in [1.807, 2.05) is 0 Å². The Kier molecular flexibility index (Phi) is 4.49. The van der Waals surface area contributed by atoms with Crippen molar-refractivity contribution in [2.24, 2.45) is 0 Å². The Morgan fingerprint density at radius 2 is 1.22 bits per heavy atom. The molecule has 0 aromatic carbocycles. The molecule has 0 bridgehead atoms. The second-order valence-electron chi connectivity index (χ2n) is 3.31. The van der Waals surface area contributed by atoms with Crippen LogP contribution in [0.4, 0.5) is 11.6 Å². The van der Waals surface area contributed by atoms with Crippen LogP contribution < -0.4 is 10.6 Å². The Morgan fingerprint density at radius 3 is 1.61 bits per heavy atom. The fourth-order valence-electron chi connectivity index (χ4n) is 1.24. The van der Waals surface area contributed by atoms with E-state index in [1.54, 1.807) is 12.4 Å². The summed E-state index contributed by atoms with van der Waals surface area (Å²) in [6.07, 6.45) is 6.16. The summed E-state index contributed by atoms with van der Waals surface area (Å²) in [6, 6.07) is 0. The van der Waals surface area contributed by atoms with Crippen LogP contribution in [-0.4, -0.2) is 33.0 Å². The van der Waals surface area contributed by atoms with Gasteiger partial charge in [0.25, 0.3) is 0 Å². The molecule has 0 aliphatic carbocycles. The molecule has 0 unspecified atom stereocenters. The van der Waals surface area contributed by atoms with Crippen molar-refractivity contribution in [3.05, 3.63) is 35.1 Å². The average molecular weight is 285 g/mol. The van der Waals surface area contributed by atoms with Gasteiger partial charge in [-0.3, -0.25) is 9.97 Å². The highest BCUT2D eigenvalue weighted by Gasteiger charge is 1.97. The zero-order valence-corrected chi connectivity index (χ0v) is 10.8. The van der Waals surface area contributed by atoms with Crippen molar-refractivity contribution >= 4 is 34.8 Å². The summed E-state index contributed by atoms with van der Waals surface area (Å²) in [5.74, 6) is 1.25. The molecule has 2 rings (SSSR count). The van der Waals surface area contributed by atoms with E-state index in [0.29, 0.717) is 35.0 Å². The minimum atomic E-state index is 0.355. The highest BCUT2D eigenvalue weighted by Crippen LogP contribution is 2.07. The topological polar surface area (TPSA) is 75.6 Å². The van der Waals surface area contributed by atoms with Crippen LogP contribution in [0.5, 0.6) is 0 Å². The molecule has 0 aliphatic heterocycles. The molecule has 8 heteroatoms. The summed E-state index contributed by atoms with van der Waals surface area (Å²) in [6.45, 7) is 1.28. The Hall–Kier alpha value is -1.66. The molecule has 0 saturated carbocycles. The SMILES string of the molecule is Clc1cncc(NCCNc2cncc(Cl)n2)n1. The summed E-state index contributed by atoms with van der Waals surface area (Å²) in [7, 11) is 0. The van der Waals surface area contributed by atoms with Crippen LogP contribution in [0.1, 0.15) is 0 Å². The molecule has 0 fully saturated rings. The van der Waals surface area contributed by atoms with Crippen LogP contribution in [0.2, 0.25) is 10.3 Å². The molecule has 2 N–H and O–H groups in total. The number of nitrogens with one attached hydrogen (secondary N) is 2. The molecule has 0 radical (unpaired) electrons. The Bertz CT molecular complexity index is 474. The first-order valence-electron chi connectivity index (χ1n) is 5.17. The van der Waals surface area contributed by atoms with Gasteiger partial charge in [0.1, 0.15) is 21.9 Å². The number of nitrogens with zero attached hydrogens (tertiary/aromatic N) is 4. The summed E-state index contributed by atoms with van der Waals surface area (Å²) in [5, 5.41) is 6.85. The minimum absolute atomic E-state index is 0.355. The third kappa shape index (κ3) is 3.97. The number of hydrogen-bond acceptors (Lipinski definition) is 6. The summed E-state index contributed by atoms with van der Waals surface area (Å²) in [4.78, 5) is 15.9. The zero-order valence-electron chi connectivity index (χ0n) is 9.27. The van der Waals surface area contributed by atoms with Crippen molar-refractivity contribution in [2.45, 2.75) is 0 Å². The molecular formula is C10H10Cl2N6. The number of aromatic nitrogens is 4. The summed E-state index contributed by atoms with van der Waals surface area (Å²) in [5.41, 5.74) is 0. The molecule has 0 amide bonds. The van der Waals surface area contributed by atoms with Crippen LogP contribution in [0, 0.1) is 0 Å². The molecule has 2 aromatic rings. The molecule has 0 aliphatic rings. The number of hydrogen-bond donors (Lipinski definition) is 2. The molecule has 0 spiro atoms. The Morgan fingerprint density at radius 1 is 0.778 bits per heavy atom. The molecule has 2 aromatic heterocycles. The van der Waals surface area contributed by atoms with Crippen molar-refractivity contribution in [1.29, 1.82) is 0 Å². The standard InChI is InChI=1S/C10H10Cl2N6/c11-7-3-13-5-9(17-7)15-1-2-16-10-6-14-4-8(12)18-10/h3-6H,1-2H2,(H,15,17)(H,16,18). The molecule has 6 nitrogen and oxygen atoms in total. The van der Waals surface area contributed by atoms with Gasteiger partial charge in [-0.25, -0.2) is 9.97 Å². The molecule has 0 atom stereocenters. The first-order chi connectivity index (χ1) is 8.74. The van der Waals surface area contributed by atoms with E-state index in [4.69, 9.17) is 23.2 Å². The normalized spacial score (nSPS) is 10.1. The van der Waals surface area contributed by atoms with Gasteiger partial charge in [-0.2, -0.15) is 0 Å². The lowest BCUT2D eigenvalue weighted by atomic mass is 10.5. The lowest BCUT2D eigenvalue weighted by Gasteiger charge is -2.07. The smallest absolute Gasteiger partial charge is 0.149 e. The van der Waals surface area contributed by atoms with Gasteiger partial charge < -0.3 is 10.6 Å².